The summed E-state index contributed by atoms with van der Waals surface area (Å²) in [6.07, 6.45) is 2.21. The Bertz CT molecular complexity index is 474. The van der Waals surface area contributed by atoms with Crippen LogP contribution in [0.3, 0.4) is 0 Å². The molecule has 1 aromatic rings. The Hall–Kier alpha value is -1.88. The Labute approximate surface area is 112 Å². The molecule has 2 rings (SSSR count). The van der Waals surface area contributed by atoms with E-state index in [4.69, 9.17) is 5.73 Å². The molecule has 1 aliphatic heterocycles. The second kappa shape index (κ2) is 6.33. The third-order valence-corrected chi connectivity index (χ3v) is 3.22. The first-order chi connectivity index (χ1) is 9.22. The largest absolute Gasteiger partial charge is 0.347 e. The summed E-state index contributed by atoms with van der Waals surface area (Å²) in [4.78, 5) is 25.2. The highest BCUT2D eigenvalue weighted by molar-refractivity contribution is 5.97. The van der Waals surface area contributed by atoms with Gasteiger partial charge in [0.15, 0.2) is 0 Å². The number of anilines is 1. The van der Waals surface area contributed by atoms with E-state index < -0.39 is 0 Å². The second-order valence-electron chi connectivity index (χ2n) is 4.59. The number of amides is 2. The lowest BCUT2D eigenvalue weighted by molar-refractivity contribution is -0.124. The van der Waals surface area contributed by atoms with Crippen LogP contribution in [0.1, 0.15) is 18.4 Å². The van der Waals surface area contributed by atoms with Crippen molar-refractivity contribution in [3.63, 3.8) is 0 Å². The highest BCUT2D eigenvalue weighted by Gasteiger charge is 2.21. The maximum atomic E-state index is 12.1. The van der Waals surface area contributed by atoms with Crippen LogP contribution in [0, 0.1) is 0 Å². The molecule has 0 saturated carbocycles. The standard InChI is InChI=1S/C14H19N3O2/c15-8-7-13(18)16-10-14(19)17-9-3-5-11-4-1-2-6-12(11)17/h1-2,4,6H,3,5,7-10,15H2,(H,16,18). The van der Waals surface area contributed by atoms with Crippen molar-refractivity contribution in [2.45, 2.75) is 19.3 Å². The molecule has 3 N–H and O–H groups in total. The third kappa shape index (κ3) is 3.32. The van der Waals surface area contributed by atoms with Gasteiger partial charge < -0.3 is 16.0 Å². The fourth-order valence-electron chi connectivity index (χ4n) is 2.28. The van der Waals surface area contributed by atoms with E-state index in [2.05, 4.69) is 5.32 Å². The molecule has 0 spiro atoms. The number of hydrogen-bond donors (Lipinski definition) is 2. The summed E-state index contributed by atoms with van der Waals surface area (Å²) in [5.41, 5.74) is 7.44. The van der Waals surface area contributed by atoms with Crippen LogP contribution in [0.2, 0.25) is 0 Å². The molecule has 0 fully saturated rings. The zero-order valence-corrected chi connectivity index (χ0v) is 10.9. The van der Waals surface area contributed by atoms with Crippen LogP contribution in [0.25, 0.3) is 0 Å². The maximum Gasteiger partial charge on any atom is 0.246 e. The monoisotopic (exact) mass is 261 g/mol. The van der Waals surface area contributed by atoms with E-state index in [1.807, 2.05) is 24.3 Å². The SMILES string of the molecule is NCCC(=O)NCC(=O)N1CCCc2ccccc21. The van der Waals surface area contributed by atoms with Crippen molar-refractivity contribution in [1.29, 1.82) is 0 Å². The number of hydrogen-bond acceptors (Lipinski definition) is 3. The molecule has 0 bridgehead atoms. The van der Waals surface area contributed by atoms with Gasteiger partial charge >= 0.3 is 0 Å². The van der Waals surface area contributed by atoms with Crippen LogP contribution in [0.4, 0.5) is 5.69 Å². The number of nitrogens with one attached hydrogen (secondary N) is 1. The van der Waals surface area contributed by atoms with Gasteiger partial charge in [0.05, 0.1) is 6.54 Å². The van der Waals surface area contributed by atoms with Crippen LogP contribution in [0.15, 0.2) is 24.3 Å². The lowest BCUT2D eigenvalue weighted by atomic mass is 10.0. The van der Waals surface area contributed by atoms with Crippen molar-refractivity contribution in [2.75, 3.05) is 24.5 Å². The summed E-state index contributed by atoms with van der Waals surface area (Å²) >= 11 is 0. The van der Waals surface area contributed by atoms with E-state index in [-0.39, 0.29) is 24.8 Å². The summed E-state index contributed by atoms with van der Waals surface area (Å²) in [6, 6.07) is 7.91. The Morgan fingerprint density at radius 1 is 1.32 bits per heavy atom. The van der Waals surface area contributed by atoms with Crippen molar-refractivity contribution in [2.24, 2.45) is 5.73 Å². The van der Waals surface area contributed by atoms with E-state index in [0.717, 1.165) is 18.5 Å². The number of para-hydroxylation sites is 1. The Kier molecular flexibility index (Phi) is 4.52. The van der Waals surface area contributed by atoms with Gasteiger partial charge in [0.2, 0.25) is 11.8 Å². The fraction of sp³-hybridized carbons (Fsp3) is 0.429. The van der Waals surface area contributed by atoms with Crippen LogP contribution >= 0.6 is 0 Å². The molecule has 5 nitrogen and oxygen atoms in total. The topological polar surface area (TPSA) is 75.4 Å². The van der Waals surface area contributed by atoms with Gasteiger partial charge in [-0.15, -0.1) is 0 Å². The van der Waals surface area contributed by atoms with E-state index in [1.54, 1.807) is 4.90 Å². The Balaban J connectivity index is 1.99. The summed E-state index contributed by atoms with van der Waals surface area (Å²) in [5, 5.41) is 2.60. The van der Waals surface area contributed by atoms with Gasteiger partial charge in [-0.05, 0) is 24.5 Å². The number of carbonyl (C=O) groups excluding carboxylic acids is 2. The van der Waals surface area contributed by atoms with Gasteiger partial charge in [-0.2, -0.15) is 0 Å². The summed E-state index contributed by atoms with van der Waals surface area (Å²) < 4.78 is 0. The molecule has 0 saturated heterocycles. The molecule has 1 aromatic carbocycles. The number of nitrogens with two attached hydrogens (primary N) is 1. The van der Waals surface area contributed by atoms with Crippen LogP contribution < -0.4 is 16.0 Å². The average Bonchev–Trinajstić information content (AvgIpc) is 2.44. The highest BCUT2D eigenvalue weighted by Crippen LogP contribution is 2.26. The van der Waals surface area contributed by atoms with E-state index in [1.165, 1.54) is 5.56 Å². The number of benzene rings is 1. The molecule has 2 amide bonds. The smallest absolute Gasteiger partial charge is 0.246 e. The number of aryl methyl sites for hydroxylation is 1. The van der Waals surface area contributed by atoms with Crippen molar-refractivity contribution < 1.29 is 9.59 Å². The number of rotatable bonds is 4. The summed E-state index contributed by atoms with van der Waals surface area (Å²) in [5.74, 6) is -0.251. The van der Waals surface area contributed by atoms with Gasteiger partial charge in [-0.25, -0.2) is 0 Å². The Morgan fingerprint density at radius 3 is 2.89 bits per heavy atom. The minimum absolute atomic E-state index is 0.0349. The molecule has 5 heteroatoms. The molecule has 102 valence electrons. The quantitative estimate of drug-likeness (QED) is 0.825. The van der Waals surface area contributed by atoms with Crippen molar-refractivity contribution in [1.82, 2.24) is 5.32 Å². The van der Waals surface area contributed by atoms with Gasteiger partial charge in [0.25, 0.3) is 0 Å². The molecule has 0 unspecified atom stereocenters. The van der Waals surface area contributed by atoms with Gasteiger partial charge in [-0.1, -0.05) is 18.2 Å². The molecular formula is C14H19N3O2. The van der Waals surface area contributed by atoms with E-state index >= 15 is 0 Å². The summed E-state index contributed by atoms with van der Waals surface area (Å²) in [6.45, 7) is 1.04. The maximum absolute atomic E-state index is 12.1. The molecule has 0 aromatic heterocycles. The zero-order chi connectivity index (χ0) is 13.7. The van der Waals surface area contributed by atoms with E-state index in [0.29, 0.717) is 13.1 Å². The minimum Gasteiger partial charge on any atom is -0.347 e. The van der Waals surface area contributed by atoms with Crippen LogP contribution in [-0.2, 0) is 16.0 Å². The number of nitrogens with zero attached hydrogens (tertiary/aromatic N) is 1. The normalized spacial score (nSPS) is 13.8. The summed E-state index contributed by atoms with van der Waals surface area (Å²) in [7, 11) is 0. The average molecular weight is 261 g/mol. The van der Waals surface area contributed by atoms with E-state index in [9.17, 15) is 9.59 Å². The van der Waals surface area contributed by atoms with Crippen LogP contribution in [0.5, 0.6) is 0 Å². The highest BCUT2D eigenvalue weighted by atomic mass is 16.2. The molecule has 19 heavy (non-hydrogen) atoms. The molecule has 1 aliphatic rings. The van der Waals surface area contributed by atoms with Gasteiger partial charge in [0.1, 0.15) is 0 Å². The second-order valence-corrected chi connectivity index (χ2v) is 4.59. The lowest BCUT2D eigenvalue weighted by Crippen LogP contribution is -2.42. The van der Waals surface area contributed by atoms with Gasteiger partial charge in [-0.3, -0.25) is 9.59 Å². The first-order valence-electron chi connectivity index (χ1n) is 6.57. The van der Waals surface area contributed by atoms with Crippen molar-refractivity contribution in [3.8, 4) is 0 Å². The van der Waals surface area contributed by atoms with Crippen molar-refractivity contribution in [3.05, 3.63) is 29.8 Å². The fourth-order valence-corrected chi connectivity index (χ4v) is 2.28. The molecule has 1 heterocycles. The molecule has 0 radical (unpaired) electrons. The zero-order valence-electron chi connectivity index (χ0n) is 10.9. The first kappa shape index (κ1) is 13.5. The van der Waals surface area contributed by atoms with Gasteiger partial charge in [0, 0.05) is 25.2 Å². The minimum atomic E-state index is -0.179. The first-order valence-corrected chi connectivity index (χ1v) is 6.57. The lowest BCUT2D eigenvalue weighted by Gasteiger charge is -2.29. The molecule has 0 atom stereocenters. The predicted octanol–water partition coefficient (Wildman–Crippen LogP) is 0.431. The number of carbonyl (C=O) groups is 2. The molecule has 0 aliphatic carbocycles. The predicted molar refractivity (Wildman–Crippen MR) is 73.8 cm³/mol. The third-order valence-electron chi connectivity index (χ3n) is 3.22. The van der Waals surface area contributed by atoms with Crippen molar-refractivity contribution >= 4 is 17.5 Å². The Morgan fingerprint density at radius 2 is 2.11 bits per heavy atom. The van der Waals surface area contributed by atoms with Crippen LogP contribution in [-0.4, -0.2) is 31.4 Å². The number of fused-ring (bicyclic) bond motifs is 1. The molecular weight excluding hydrogens is 242 g/mol.